The van der Waals surface area contributed by atoms with Crippen LogP contribution in [0, 0.1) is 0 Å². The van der Waals surface area contributed by atoms with Gasteiger partial charge >= 0.3 is 0 Å². The number of carbonyl (C=O) groups is 3. The molecule has 2 aromatic carbocycles. The summed E-state index contributed by atoms with van der Waals surface area (Å²) in [5.41, 5.74) is 12.4. The van der Waals surface area contributed by atoms with Gasteiger partial charge in [-0.15, -0.1) is 0 Å². The van der Waals surface area contributed by atoms with Gasteiger partial charge in [0.2, 0.25) is 11.8 Å². The molecule has 0 bridgehead atoms. The average molecular weight is 689 g/mol. The molecular formula is C38H52N6O4S. The molecule has 1 atom stereocenters. The lowest BCUT2D eigenvalue weighted by atomic mass is 9.86. The first kappa shape index (κ1) is 36.6. The molecule has 2 N–H and O–H groups in total. The van der Waals surface area contributed by atoms with Gasteiger partial charge in [-0.25, -0.2) is 0 Å². The van der Waals surface area contributed by atoms with Crippen LogP contribution in [0.5, 0.6) is 0 Å². The van der Waals surface area contributed by atoms with Gasteiger partial charge in [-0.05, 0) is 62.2 Å². The molecule has 264 valence electrons. The Kier molecular flexibility index (Phi) is 12.6. The summed E-state index contributed by atoms with van der Waals surface area (Å²) in [6, 6.07) is 14.1. The van der Waals surface area contributed by atoms with Crippen molar-refractivity contribution in [3.05, 3.63) is 64.7 Å². The number of primary amides is 1. The smallest absolute Gasteiger partial charge is 0.251 e. The van der Waals surface area contributed by atoms with E-state index < -0.39 is 5.91 Å². The lowest BCUT2D eigenvalue weighted by molar-refractivity contribution is -0.137. The molecular weight excluding hydrogens is 637 g/mol. The Labute approximate surface area is 296 Å². The minimum atomic E-state index is -0.460. The maximum Gasteiger partial charge on any atom is 0.251 e. The highest BCUT2D eigenvalue weighted by atomic mass is 32.1. The van der Waals surface area contributed by atoms with Crippen LogP contribution >= 0.6 is 12.8 Å². The van der Waals surface area contributed by atoms with Gasteiger partial charge in [0.1, 0.15) is 0 Å². The standard InChI is InChI=1S/C36H45N5O4.C2H7NS/c1-3-5-8-25(4-2)33-30-12-11-27(35(37)43)22-31(30)41-23-28(21-26-9-6-7-10-29(26)34(33)41)36(44)40-15-13-38(14-16-40)24-32(42)39-17-19-45-20-18-39;1-3(2)4/h6-7,9-12,21-22,25H,3-5,8,13-20,23-24H2,1-2H3,(H2,37,43);4H,1-2H3. The predicted octanol–water partition coefficient (Wildman–Crippen LogP) is 4.88. The fourth-order valence-electron chi connectivity index (χ4n) is 7.19. The van der Waals surface area contributed by atoms with E-state index in [0.29, 0.717) is 82.6 Å². The SMILES string of the molecule is CCCCC(CC)c1c2n(c3cc(C(N)=O)ccc13)CC(C(=O)N1CCN(CC(=O)N3CCOCC3)CC1)=Cc1ccccc1-2.CN(C)S. The minimum Gasteiger partial charge on any atom is -0.378 e. The summed E-state index contributed by atoms with van der Waals surface area (Å²) in [7, 11) is 3.73. The third-order valence-corrected chi connectivity index (χ3v) is 9.73. The van der Waals surface area contributed by atoms with Crippen molar-refractivity contribution >= 4 is 47.5 Å². The number of benzene rings is 2. The van der Waals surface area contributed by atoms with Crippen molar-refractivity contribution in [2.75, 3.05) is 73.1 Å². The average Bonchev–Trinajstić information content (AvgIpc) is 3.30. The molecule has 3 aromatic rings. The second kappa shape index (κ2) is 16.8. The molecule has 1 unspecified atom stereocenters. The number of hydrogen-bond donors (Lipinski definition) is 2. The molecule has 6 rings (SSSR count). The molecule has 1 aromatic heterocycles. The Morgan fingerprint density at radius 2 is 1.65 bits per heavy atom. The maximum atomic E-state index is 14.2. The van der Waals surface area contributed by atoms with Crippen LogP contribution in [0.25, 0.3) is 28.2 Å². The van der Waals surface area contributed by atoms with E-state index >= 15 is 0 Å². The second-order valence-corrected chi connectivity index (χ2v) is 14.2. The monoisotopic (exact) mass is 688 g/mol. The molecule has 11 heteroatoms. The molecule has 4 heterocycles. The van der Waals surface area contributed by atoms with Gasteiger partial charge in [0.05, 0.1) is 32.0 Å². The Morgan fingerprint density at radius 1 is 0.959 bits per heavy atom. The highest BCUT2D eigenvalue weighted by Gasteiger charge is 2.31. The first-order valence-corrected chi connectivity index (χ1v) is 18.0. The van der Waals surface area contributed by atoms with Crippen LogP contribution in [0.15, 0.2) is 48.0 Å². The summed E-state index contributed by atoms with van der Waals surface area (Å²) in [6.45, 7) is 10.2. The predicted molar refractivity (Wildman–Crippen MR) is 200 cm³/mol. The van der Waals surface area contributed by atoms with Crippen LogP contribution in [0.1, 0.15) is 66.9 Å². The molecule has 10 nitrogen and oxygen atoms in total. The van der Waals surface area contributed by atoms with E-state index in [0.717, 1.165) is 53.4 Å². The van der Waals surface area contributed by atoms with E-state index in [-0.39, 0.29) is 11.8 Å². The Hall–Kier alpha value is -3.64. The van der Waals surface area contributed by atoms with Gasteiger partial charge < -0.3 is 24.8 Å². The molecule has 0 saturated carbocycles. The Morgan fingerprint density at radius 3 is 2.31 bits per heavy atom. The van der Waals surface area contributed by atoms with Gasteiger partial charge in [-0.2, -0.15) is 0 Å². The number of rotatable bonds is 9. The molecule has 49 heavy (non-hydrogen) atoms. The number of carbonyl (C=O) groups excluding carboxylic acids is 3. The number of nitrogens with two attached hydrogens (primary N) is 1. The number of piperazine rings is 1. The van der Waals surface area contributed by atoms with Crippen LogP contribution in [0.2, 0.25) is 0 Å². The summed E-state index contributed by atoms with van der Waals surface area (Å²) >= 11 is 3.80. The van der Waals surface area contributed by atoms with Crippen molar-refractivity contribution in [3.63, 3.8) is 0 Å². The quantitative estimate of drug-likeness (QED) is 0.311. The van der Waals surface area contributed by atoms with Gasteiger partial charge in [0.25, 0.3) is 5.91 Å². The zero-order chi connectivity index (χ0) is 35.1. The normalized spacial score (nSPS) is 17.1. The largest absolute Gasteiger partial charge is 0.378 e. The fraction of sp³-hybridized carbons (Fsp3) is 0.500. The summed E-state index contributed by atoms with van der Waals surface area (Å²) in [5, 5.41) is 1.13. The number of nitrogens with zero attached hydrogens (tertiary/aromatic N) is 5. The van der Waals surface area contributed by atoms with E-state index in [2.05, 4.69) is 60.4 Å². The number of hydrogen-bond acceptors (Lipinski definition) is 7. The number of fused-ring (bicyclic) bond motifs is 5. The van der Waals surface area contributed by atoms with Crippen LogP contribution in [0.4, 0.5) is 0 Å². The summed E-state index contributed by atoms with van der Waals surface area (Å²) < 4.78 is 9.33. The number of aromatic nitrogens is 1. The molecule has 0 aliphatic carbocycles. The van der Waals surface area contributed by atoms with Crippen LogP contribution in [0.3, 0.4) is 0 Å². The fourth-order valence-corrected chi connectivity index (χ4v) is 7.19. The molecule has 2 fully saturated rings. The van der Waals surface area contributed by atoms with E-state index in [1.165, 1.54) is 5.56 Å². The summed E-state index contributed by atoms with van der Waals surface area (Å²) in [5.74, 6) is 0.0347. The van der Waals surface area contributed by atoms with E-state index in [1.54, 1.807) is 4.31 Å². The lowest BCUT2D eigenvalue weighted by Crippen LogP contribution is -2.53. The second-order valence-electron chi connectivity index (χ2n) is 13.4. The third kappa shape index (κ3) is 8.57. The third-order valence-electron chi connectivity index (χ3n) is 9.73. The maximum absolute atomic E-state index is 14.2. The highest BCUT2D eigenvalue weighted by Crippen LogP contribution is 2.45. The first-order valence-electron chi connectivity index (χ1n) is 17.6. The Balaban J connectivity index is 0.00000111. The highest BCUT2D eigenvalue weighted by molar-refractivity contribution is 7.77. The molecule has 0 radical (unpaired) electrons. The molecule has 0 spiro atoms. The minimum absolute atomic E-state index is 0.0179. The molecule has 3 amide bonds. The van der Waals surface area contributed by atoms with Gasteiger partial charge in [0, 0.05) is 66.9 Å². The van der Waals surface area contributed by atoms with Crippen molar-refractivity contribution in [2.45, 2.75) is 52.0 Å². The van der Waals surface area contributed by atoms with Crippen molar-refractivity contribution in [1.29, 1.82) is 0 Å². The van der Waals surface area contributed by atoms with Gasteiger partial charge in [-0.3, -0.25) is 23.6 Å². The lowest BCUT2D eigenvalue weighted by Gasteiger charge is -2.36. The molecule has 3 aliphatic heterocycles. The molecule has 2 saturated heterocycles. The van der Waals surface area contributed by atoms with Crippen molar-refractivity contribution < 1.29 is 19.1 Å². The topological polar surface area (TPSA) is 104 Å². The van der Waals surface area contributed by atoms with E-state index in [9.17, 15) is 14.4 Å². The zero-order valence-electron chi connectivity index (χ0n) is 29.5. The first-order chi connectivity index (χ1) is 23.6. The Bertz CT molecular complexity index is 1670. The van der Waals surface area contributed by atoms with Crippen LogP contribution in [-0.4, -0.2) is 114 Å². The van der Waals surface area contributed by atoms with E-state index in [4.69, 9.17) is 10.5 Å². The number of unbranched alkanes of at least 4 members (excludes halogenated alkanes) is 1. The summed E-state index contributed by atoms with van der Waals surface area (Å²) in [4.78, 5) is 45.3. The van der Waals surface area contributed by atoms with Crippen LogP contribution < -0.4 is 5.73 Å². The molecule has 3 aliphatic rings. The van der Waals surface area contributed by atoms with Crippen molar-refractivity contribution in [2.24, 2.45) is 5.73 Å². The van der Waals surface area contributed by atoms with E-state index in [1.807, 2.05) is 48.2 Å². The number of ether oxygens (including phenoxy) is 1. The van der Waals surface area contributed by atoms with Crippen molar-refractivity contribution in [3.8, 4) is 11.3 Å². The van der Waals surface area contributed by atoms with Gasteiger partial charge in [-0.1, -0.05) is 69.8 Å². The van der Waals surface area contributed by atoms with Gasteiger partial charge in [0.15, 0.2) is 0 Å². The number of thiol groups is 1. The van der Waals surface area contributed by atoms with Crippen LogP contribution in [-0.2, 0) is 20.9 Å². The van der Waals surface area contributed by atoms with Crippen molar-refractivity contribution in [1.82, 2.24) is 23.6 Å². The zero-order valence-corrected chi connectivity index (χ0v) is 30.4. The number of amides is 3. The summed E-state index contributed by atoms with van der Waals surface area (Å²) in [6.07, 6.45) is 6.40. The number of morpholine rings is 1.